The summed E-state index contributed by atoms with van der Waals surface area (Å²) in [6.45, 7) is 3.88. The molecule has 0 amide bonds. The molecular weight excluding hydrogens is 214 g/mol. The van der Waals surface area contributed by atoms with Gasteiger partial charge >= 0.3 is 0 Å². The van der Waals surface area contributed by atoms with E-state index in [4.69, 9.17) is 0 Å². The molecule has 1 aromatic carbocycles. The maximum absolute atomic E-state index is 4.38. The Morgan fingerprint density at radius 1 is 1.00 bits per heavy atom. The molecule has 0 unspecified atom stereocenters. The highest BCUT2D eigenvalue weighted by atomic mass is 15.5. The first-order chi connectivity index (χ1) is 8.24. The van der Waals surface area contributed by atoms with Gasteiger partial charge in [0.2, 0.25) is 0 Å². The van der Waals surface area contributed by atoms with Crippen molar-refractivity contribution in [3.05, 3.63) is 41.7 Å². The Labute approximate surface area is 98.1 Å². The summed E-state index contributed by atoms with van der Waals surface area (Å²) in [6.07, 6.45) is 0. The Kier molecular flexibility index (Phi) is 2.11. The maximum Gasteiger partial charge on any atom is 0.253 e. The topological polar surface area (TPSA) is 56.5 Å². The summed E-state index contributed by atoms with van der Waals surface area (Å²) in [5.41, 5.74) is 3.60. The van der Waals surface area contributed by atoms with Gasteiger partial charge in [0.15, 0.2) is 0 Å². The van der Waals surface area contributed by atoms with E-state index in [0.29, 0.717) is 5.95 Å². The second-order valence-electron chi connectivity index (χ2n) is 3.94. The van der Waals surface area contributed by atoms with Gasteiger partial charge in [0.25, 0.3) is 5.95 Å². The number of rotatable bonds is 1. The molecule has 2 heterocycles. The molecule has 0 fully saturated rings. The van der Waals surface area contributed by atoms with E-state index in [2.05, 4.69) is 20.3 Å². The van der Waals surface area contributed by atoms with E-state index in [1.165, 1.54) is 0 Å². The van der Waals surface area contributed by atoms with E-state index in [1.807, 2.05) is 44.2 Å². The van der Waals surface area contributed by atoms with Gasteiger partial charge in [0, 0.05) is 11.4 Å². The number of benzene rings is 1. The summed E-state index contributed by atoms with van der Waals surface area (Å²) in [7, 11) is 0. The van der Waals surface area contributed by atoms with Crippen LogP contribution in [0.2, 0.25) is 0 Å². The second-order valence-corrected chi connectivity index (χ2v) is 3.94. The SMILES string of the molecule is Cc1cc(C)nc(-n2nnc3ccccc32)n1. The Bertz CT molecular complexity index is 666. The lowest BCUT2D eigenvalue weighted by molar-refractivity contribution is 0.764. The first-order valence-electron chi connectivity index (χ1n) is 5.37. The Morgan fingerprint density at radius 3 is 2.47 bits per heavy atom. The Morgan fingerprint density at radius 2 is 1.71 bits per heavy atom. The van der Waals surface area contributed by atoms with Crippen LogP contribution in [0.3, 0.4) is 0 Å². The zero-order chi connectivity index (χ0) is 11.8. The number of aromatic nitrogens is 5. The number of aryl methyl sites for hydroxylation is 2. The molecule has 0 saturated heterocycles. The summed E-state index contributed by atoms with van der Waals surface area (Å²) < 4.78 is 1.66. The first-order valence-corrected chi connectivity index (χ1v) is 5.37. The maximum atomic E-state index is 4.38. The summed E-state index contributed by atoms with van der Waals surface area (Å²) in [4.78, 5) is 8.75. The third-order valence-corrected chi connectivity index (χ3v) is 2.51. The smallest absolute Gasteiger partial charge is 0.216 e. The fourth-order valence-electron chi connectivity index (χ4n) is 1.82. The molecule has 0 spiro atoms. The highest BCUT2D eigenvalue weighted by Crippen LogP contribution is 2.13. The van der Waals surface area contributed by atoms with Gasteiger partial charge in [-0.1, -0.05) is 17.3 Å². The van der Waals surface area contributed by atoms with E-state index in [1.54, 1.807) is 4.68 Å². The number of nitrogens with zero attached hydrogens (tertiary/aromatic N) is 5. The van der Waals surface area contributed by atoms with Crippen LogP contribution in [0.1, 0.15) is 11.4 Å². The summed E-state index contributed by atoms with van der Waals surface area (Å²) in [6, 6.07) is 9.69. The van der Waals surface area contributed by atoms with Gasteiger partial charge in [-0.3, -0.25) is 0 Å². The van der Waals surface area contributed by atoms with E-state index in [9.17, 15) is 0 Å². The lowest BCUT2D eigenvalue weighted by Gasteiger charge is -2.02. The van der Waals surface area contributed by atoms with Crippen LogP contribution in [0.15, 0.2) is 30.3 Å². The minimum absolute atomic E-state index is 0.566. The minimum atomic E-state index is 0.566. The van der Waals surface area contributed by atoms with Crippen molar-refractivity contribution in [1.82, 2.24) is 25.0 Å². The zero-order valence-electron chi connectivity index (χ0n) is 9.62. The molecule has 3 rings (SSSR count). The van der Waals surface area contributed by atoms with Crippen LogP contribution in [-0.2, 0) is 0 Å². The number of fused-ring (bicyclic) bond motifs is 1. The molecule has 0 radical (unpaired) electrons. The van der Waals surface area contributed by atoms with E-state index in [0.717, 1.165) is 22.4 Å². The lowest BCUT2D eigenvalue weighted by atomic mass is 10.3. The molecule has 0 atom stereocenters. The van der Waals surface area contributed by atoms with Crippen molar-refractivity contribution < 1.29 is 0 Å². The van der Waals surface area contributed by atoms with Crippen molar-refractivity contribution in [3.8, 4) is 5.95 Å². The molecule has 0 aliphatic rings. The van der Waals surface area contributed by atoms with Crippen LogP contribution in [0.25, 0.3) is 17.0 Å². The monoisotopic (exact) mass is 225 g/mol. The van der Waals surface area contributed by atoms with Gasteiger partial charge in [-0.15, -0.1) is 5.10 Å². The van der Waals surface area contributed by atoms with Crippen LogP contribution in [0.5, 0.6) is 0 Å². The zero-order valence-corrected chi connectivity index (χ0v) is 9.62. The number of hydrogen-bond acceptors (Lipinski definition) is 4. The van der Waals surface area contributed by atoms with Crippen molar-refractivity contribution in [3.63, 3.8) is 0 Å². The van der Waals surface area contributed by atoms with Crippen LogP contribution in [0, 0.1) is 13.8 Å². The van der Waals surface area contributed by atoms with Crippen molar-refractivity contribution in [2.75, 3.05) is 0 Å². The van der Waals surface area contributed by atoms with E-state index >= 15 is 0 Å². The predicted molar refractivity (Wildman–Crippen MR) is 63.9 cm³/mol. The quantitative estimate of drug-likeness (QED) is 0.634. The van der Waals surface area contributed by atoms with Crippen LogP contribution < -0.4 is 0 Å². The standard InChI is InChI=1S/C12H11N5/c1-8-7-9(2)14-12(13-8)17-11-6-4-3-5-10(11)15-16-17/h3-7H,1-2H3. The molecule has 0 saturated carbocycles. The average Bonchev–Trinajstić information content (AvgIpc) is 2.71. The molecule has 0 N–H and O–H groups in total. The van der Waals surface area contributed by atoms with Crippen LogP contribution >= 0.6 is 0 Å². The predicted octanol–water partition coefficient (Wildman–Crippen LogP) is 1.83. The molecule has 3 aromatic rings. The van der Waals surface area contributed by atoms with Crippen molar-refractivity contribution in [2.24, 2.45) is 0 Å². The Balaban J connectivity index is 2.27. The molecule has 2 aromatic heterocycles. The van der Waals surface area contributed by atoms with Gasteiger partial charge in [-0.05, 0) is 32.0 Å². The highest BCUT2D eigenvalue weighted by molar-refractivity contribution is 5.75. The normalized spacial score (nSPS) is 10.9. The molecule has 5 nitrogen and oxygen atoms in total. The summed E-state index contributed by atoms with van der Waals surface area (Å²) in [5, 5.41) is 8.18. The van der Waals surface area contributed by atoms with Crippen molar-refractivity contribution in [1.29, 1.82) is 0 Å². The fraction of sp³-hybridized carbons (Fsp3) is 0.167. The molecule has 0 bridgehead atoms. The molecule has 0 aliphatic heterocycles. The van der Waals surface area contributed by atoms with Crippen LogP contribution in [0.4, 0.5) is 0 Å². The summed E-state index contributed by atoms with van der Waals surface area (Å²) >= 11 is 0. The van der Waals surface area contributed by atoms with Gasteiger partial charge in [-0.25, -0.2) is 9.97 Å². The molecular formula is C12H11N5. The largest absolute Gasteiger partial charge is 0.253 e. The Hall–Kier alpha value is -2.30. The first kappa shape index (κ1) is 9.89. The van der Waals surface area contributed by atoms with Gasteiger partial charge < -0.3 is 0 Å². The van der Waals surface area contributed by atoms with E-state index in [-0.39, 0.29) is 0 Å². The molecule has 5 heteroatoms. The number of para-hydroxylation sites is 1. The molecule has 84 valence electrons. The van der Waals surface area contributed by atoms with Gasteiger partial charge in [-0.2, -0.15) is 4.68 Å². The average molecular weight is 225 g/mol. The third kappa shape index (κ3) is 1.65. The minimum Gasteiger partial charge on any atom is -0.216 e. The fourth-order valence-corrected chi connectivity index (χ4v) is 1.82. The lowest BCUT2D eigenvalue weighted by Crippen LogP contribution is -2.05. The highest BCUT2D eigenvalue weighted by Gasteiger charge is 2.08. The van der Waals surface area contributed by atoms with Crippen molar-refractivity contribution >= 4 is 11.0 Å². The van der Waals surface area contributed by atoms with Gasteiger partial charge in [0.05, 0.1) is 5.52 Å². The summed E-state index contributed by atoms with van der Waals surface area (Å²) in [5.74, 6) is 0.566. The second kappa shape index (κ2) is 3.62. The molecule has 0 aliphatic carbocycles. The third-order valence-electron chi connectivity index (χ3n) is 2.51. The van der Waals surface area contributed by atoms with E-state index < -0.39 is 0 Å². The number of hydrogen-bond donors (Lipinski definition) is 0. The van der Waals surface area contributed by atoms with Gasteiger partial charge in [0.1, 0.15) is 5.52 Å². The van der Waals surface area contributed by atoms with Crippen molar-refractivity contribution in [2.45, 2.75) is 13.8 Å². The van der Waals surface area contributed by atoms with Crippen LogP contribution in [-0.4, -0.2) is 25.0 Å². The molecule has 17 heavy (non-hydrogen) atoms.